The van der Waals surface area contributed by atoms with Gasteiger partial charge in [-0.15, -0.1) is 10.2 Å². The van der Waals surface area contributed by atoms with Crippen molar-refractivity contribution in [3.63, 3.8) is 0 Å². The zero-order valence-corrected chi connectivity index (χ0v) is 17.3. The Hall–Kier alpha value is -2.47. The summed E-state index contributed by atoms with van der Waals surface area (Å²) in [4.78, 5) is 6.42. The van der Waals surface area contributed by atoms with Gasteiger partial charge in [-0.05, 0) is 12.8 Å². The number of guanidine groups is 1. The van der Waals surface area contributed by atoms with Crippen LogP contribution in [0.5, 0.6) is 0 Å². The van der Waals surface area contributed by atoms with Gasteiger partial charge in [-0.2, -0.15) is 4.31 Å². The Labute approximate surface area is 169 Å². The molecule has 0 aromatic carbocycles. The molecule has 2 aliphatic heterocycles. The fourth-order valence-electron chi connectivity index (χ4n) is 3.76. The molecular formula is C17H26N8O3S. The van der Waals surface area contributed by atoms with Crippen LogP contribution in [0, 0.1) is 0 Å². The van der Waals surface area contributed by atoms with Crippen molar-refractivity contribution in [2.24, 2.45) is 4.99 Å². The number of nitrogens with zero attached hydrogens (tertiary/aromatic N) is 7. The first kappa shape index (κ1) is 19.8. The fraction of sp³-hybridized carbons (Fsp3) is 0.647. The number of fused-ring (bicyclic) bond motifs is 1. The van der Waals surface area contributed by atoms with Crippen LogP contribution in [0.25, 0.3) is 0 Å². The number of piperazine rings is 1. The Morgan fingerprint density at radius 1 is 1.21 bits per heavy atom. The second-order valence-electron chi connectivity index (χ2n) is 7.18. The van der Waals surface area contributed by atoms with E-state index in [9.17, 15) is 8.42 Å². The Bertz CT molecular complexity index is 945. The lowest BCUT2D eigenvalue weighted by Gasteiger charge is -2.35. The summed E-state index contributed by atoms with van der Waals surface area (Å²) in [5, 5.41) is 15.6. The van der Waals surface area contributed by atoms with E-state index < -0.39 is 10.0 Å². The lowest BCUT2D eigenvalue weighted by Crippen LogP contribution is -2.53. The van der Waals surface area contributed by atoms with E-state index in [0.29, 0.717) is 38.4 Å². The molecule has 12 heteroatoms. The van der Waals surface area contributed by atoms with E-state index >= 15 is 0 Å². The van der Waals surface area contributed by atoms with Gasteiger partial charge in [0.15, 0.2) is 11.8 Å². The highest BCUT2D eigenvalue weighted by molar-refractivity contribution is 7.88. The standard InChI is InChI=1S/C17H26N8O3S/c1-18-17(19-12-16-21-20-15-4-2-3-6-25(15)16)23-7-9-24(10-8-23)29(26,27)13-14-5-11-28-22-14/h5,11H,2-4,6-10,12-13H2,1H3,(H,18,19). The summed E-state index contributed by atoms with van der Waals surface area (Å²) in [7, 11) is -1.69. The lowest BCUT2D eigenvalue weighted by molar-refractivity contribution is 0.259. The molecule has 0 bridgehead atoms. The minimum atomic E-state index is -3.42. The number of aromatic nitrogens is 4. The third-order valence-electron chi connectivity index (χ3n) is 5.31. The summed E-state index contributed by atoms with van der Waals surface area (Å²) < 4.78 is 33.6. The van der Waals surface area contributed by atoms with Gasteiger partial charge in [0.2, 0.25) is 10.0 Å². The van der Waals surface area contributed by atoms with Crippen molar-refractivity contribution in [1.82, 2.24) is 34.4 Å². The molecule has 0 amide bonds. The molecule has 0 atom stereocenters. The van der Waals surface area contributed by atoms with E-state index in [4.69, 9.17) is 4.52 Å². The van der Waals surface area contributed by atoms with Crippen LogP contribution in [-0.4, -0.2) is 76.7 Å². The summed E-state index contributed by atoms with van der Waals surface area (Å²) >= 11 is 0. The normalized spacial score (nSPS) is 18.7. The van der Waals surface area contributed by atoms with Crippen molar-refractivity contribution in [2.75, 3.05) is 33.2 Å². The van der Waals surface area contributed by atoms with E-state index in [0.717, 1.165) is 43.4 Å². The molecule has 1 saturated heterocycles. The molecule has 2 aromatic heterocycles. The molecule has 0 spiro atoms. The number of rotatable bonds is 5. The number of hydrogen-bond acceptors (Lipinski definition) is 7. The quantitative estimate of drug-likeness (QED) is 0.520. The van der Waals surface area contributed by atoms with Crippen molar-refractivity contribution in [3.8, 4) is 0 Å². The van der Waals surface area contributed by atoms with Gasteiger partial charge in [-0.1, -0.05) is 5.16 Å². The zero-order chi connectivity index (χ0) is 20.3. The zero-order valence-electron chi connectivity index (χ0n) is 16.5. The second kappa shape index (κ2) is 8.49. The maximum absolute atomic E-state index is 12.6. The predicted molar refractivity (Wildman–Crippen MR) is 105 cm³/mol. The highest BCUT2D eigenvalue weighted by atomic mass is 32.2. The Morgan fingerprint density at radius 2 is 2.03 bits per heavy atom. The van der Waals surface area contributed by atoms with Crippen LogP contribution in [0.15, 0.2) is 21.8 Å². The van der Waals surface area contributed by atoms with Crippen LogP contribution in [-0.2, 0) is 35.3 Å². The van der Waals surface area contributed by atoms with E-state index in [1.807, 2.05) is 0 Å². The Balaban J connectivity index is 1.32. The molecule has 158 valence electrons. The Kier molecular flexibility index (Phi) is 5.81. The summed E-state index contributed by atoms with van der Waals surface area (Å²) in [5.41, 5.74) is 0.418. The average molecular weight is 423 g/mol. The second-order valence-corrected chi connectivity index (χ2v) is 9.14. The van der Waals surface area contributed by atoms with E-state index in [-0.39, 0.29) is 5.75 Å². The largest absolute Gasteiger partial charge is 0.364 e. The van der Waals surface area contributed by atoms with Gasteiger partial charge >= 0.3 is 0 Å². The molecule has 4 rings (SSSR count). The summed E-state index contributed by atoms with van der Waals surface area (Å²) in [5.74, 6) is 2.56. The Morgan fingerprint density at radius 3 is 2.76 bits per heavy atom. The fourth-order valence-corrected chi connectivity index (χ4v) is 5.18. The maximum atomic E-state index is 12.6. The number of aliphatic imine (C=N–C) groups is 1. The molecule has 2 aliphatic rings. The molecule has 0 saturated carbocycles. The highest BCUT2D eigenvalue weighted by Crippen LogP contribution is 2.15. The molecule has 29 heavy (non-hydrogen) atoms. The molecule has 2 aromatic rings. The van der Waals surface area contributed by atoms with Gasteiger partial charge in [0, 0.05) is 52.3 Å². The van der Waals surface area contributed by atoms with Crippen LogP contribution < -0.4 is 5.32 Å². The maximum Gasteiger partial charge on any atom is 0.220 e. The van der Waals surface area contributed by atoms with E-state index in [1.54, 1.807) is 13.1 Å². The van der Waals surface area contributed by atoms with Crippen LogP contribution in [0.2, 0.25) is 0 Å². The van der Waals surface area contributed by atoms with Crippen LogP contribution >= 0.6 is 0 Å². The molecular weight excluding hydrogens is 396 g/mol. The summed E-state index contributed by atoms with van der Waals surface area (Å²) in [6.45, 7) is 3.44. The van der Waals surface area contributed by atoms with Gasteiger partial charge in [-0.3, -0.25) is 4.99 Å². The van der Waals surface area contributed by atoms with Gasteiger partial charge in [-0.25, -0.2) is 8.42 Å². The number of sulfonamides is 1. The molecule has 11 nitrogen and oxygen atoms in total. The van der Waals surface area contributed by atoms with Crippen LogP contribution in [0.3, 0.4) is 0 Å². The molecule has 1 fully saturated rings. The summed E-state index contributed by atoms with van der Waals surface area (Å²) in [6.07, 6.45) is 4.67. The average Bonchev–Trinajstić information content (AvgIpc) is 3.38. The number of nitrogens with one attached hydrogen (secondary N) is 1. The topological polar surface area (TPSA) is 122 Å². The third-order valence-corrected chi connectivity index (χ3v) is 7.12. The molecule has 0 aliphatic carbocycles. The van der Waals surface area contributed by atoms with Gasteiger partial charge in [0.05, 0.1) is 12.2 Å². The first-order chi connectivity index (χ1) is 14.1. The smallest absolute Gasteiger partial charge is 0.220 e. The van der Waals surface area contributed by atoms with Crippen molar-refractivity contribution in [2.45, 2.75) is 38.1 Å². The van der Waals surface area contributed by atoms with Gasteiger partial charge < -0.3 is 19.3 Å². The number of aryl methyl sites for hydroxylation is 1. The van der Waals surface area contributed by atoms with Crippen molar-refractivity contribution in [3.05, 3.63) is 29.7 Å². The lowest BCUT2D eigenvalue weighted by atomic mass is 10.2. The highest BCUT2D eigenvalue weighted by Gasteiger charge is 2.29. The molecule has 0 radical (unpaired) electrons. The van der Waals surface area contributed by atoms with Crippen molar-refractivity contribution < 1.29 is 12.9 Å². The minimum Gasteiger partial charge on any atom is -0.364 e. The molecule has 4 heterocycles. The van der Waals surface area contributed by atoms with E-state index in [2.05, 4.69) is 35.1 Å². The minimum absolute atomic E-state index is 0.144. The van der Waals surface area contributed by atoms with Gasteiger partial charge in [0.1, 0.15) is 17.8 Å². The monoisotopic (exact) mass is 422 g/mol. The van der Waals surface area contributed by atoms with E-state index in [1.165, 1.54) is 10.6 Å². The number of hydrogen-bond donors (Lipinski definition) is 1. The van der Waals surface area contributed by atoms with Crippen LogP contribution in [0.4, 0.5) is 0 Å². The first-order valence-electron chi connectivity index (χ1n) is 9.80. The van der Waals surface area contributed by atoms with Crippen molar-refractivity contribution in [1.29, 1.82) is 0 Å². The van der Waals surface area contributed by atoms with Crippen molar-refractivity contribution >= 4 is 16.0 Å². The SMILES string of the molecule is CN=C(NCc1nnc2n1CCCC2)N1CCN(S(=O)(=O)Cc2ccon2)CC1. The predicted octanol–water partition coefficient (Wildman–Crippen LogP) is -0.175. The molecule has 0 unspecified atom stereocenters. The summed E-state index contributed by atoms with van der Waals surface area (Å²) in [6, 6.07) is 1.57. The van der Waals surface area contributed by atoms with Crippen LogP contribution in [0.1, 0.15) is 30.2 Å². The third kappa shape index (κ3) is 4.42. The van der Waals surface area contributed by atoms with Gasteiger partial charge in [0.25, 0.3) is 0 Å². The molecule has 1 N–H and O–H groups in total. The first-order valence-corrected chi connectivity index (χ1v) is 11.4.